The summed E-state index contributed by atoms with van der Waals surface area (Å²) in [6.07, 6.45) is 0.767. The van der Waals surface area contributed by atoms with E-state index in [1.165, 1.54) is 0 Å². The lowest BCUT2D eigenvalue weighted by Gasteiger charge is -2.20. The molecule has 0 saturated heterocycles. The van der Waals surface area contributed by atoms with E-state index in [0.717, 1.165) is 6.42 Å². The highest BCUT2D eigenvalue weighted by Crippen LogP contribution is 2.06. The number of ether oxygens (including phenoxy) is 1. The summed E-state index contributed by atoms with van der Waals surface area (Å²) in [5.74, 6) is -0.0882. The van der Waals surface area contributed by atoms with E-state index in [0.29, 0.717) is 0 Å². The third kappa shape index (κ3) is 10.0. The number of hydrogen-bond acceptors (Lipinski definition) is 2. The smallest absolute Gasteiger partial charge is 0.246 e. The summed E-state index contributed by atoms with van der Waals surface area (Å²) in [6.45, 7) is 9.72. The van der Waals surface area contributed by atoms with Crippen molar-refractivity contribution in [2.24, 2.45) is 0 Å². The fourth-order valence-corrected chi connectivity index (χ4v) is 1.41. The maximum Gasteiger partial charge on any atom is 0.246 e. The molecule has 0 aliphatic rings. The summed E-state index contributed by atoms with van der Waals surface area (Å²) >= 11 is 5.82. The van der Waals surface area contributed by atoms with E-state index in [1.807, 2.05) is 34.6 Å². The van der Waals surface area contributed by atoms with E-state index >= 15 is 0 Å². The minimum atomic E-state index is -0.277. The van der Waals surface area contributed by atoms with Gasteiger partial charge in [0.05, 0.1) is 5.60 Å². The Kier molecular flexibility index (Phi) is 6.22. The molecule has 0 saturated carbocycles. The zero-order valence-corrected chi connectivity index (χ0v) is 11.0. The van der Waals surface area contributed by atoms with Crippen molar-refractivity contribution < 1.29 is 9.53 Å². The maximum absolute atomic E-state index is 11.4. The molecule has 1 N–H and O–H groups in total. The summed E-state index contributed by atoms with van der Waals surface area (Å²) in [5.41, 5.74) is -0.277. The number of nitrogens with one attached hydrogen (secondary N) is 1. The standard InChI is InChI=1S/C11H22ClNO2/c1-8(12)6-9(2)13-10(14)7-15-11(3,4)5/h8-9H,6-7H2,1-5H3,(H,13,14). The van der Waals surface area contributed by atoms with Crippen molar-refractivity contribution in [2.75, 3.05) is 6.61 Å². The van der Waals surface area contributed by atoms with Crippen molar-refractivity contribution in [1.82, 2.24) is 5.32 Å². The fraction of sp³-hybridized carbons (Fsp3) is 0.909. The molecule has 2 atom stereocenters. The van der Waals surface area contributed by atoms with Crippen LogP contribution in [0.2, 0.25) is 0 Å². The molecule has 0 bridgehead atoms. The molecule has 0 spiro atoms. The van der Waals surface area contributed by atoms with Crippen LogP contribution in [-0.4, -0.2) is 29.5 Å². The first-order chi connectivity index (χ1) is 6.70. The molecular weight excluding hydrogens is 214 g/mol. The first kappa shape index (κ1) is 14.7. The van der Waals surface area contributed by atoms with Gasteiger partial charge < -0.3 is 10.1 Å². The molecule has 4 heteroatoms. The van der Waals surface area contributed by atoms with Crippen LogP contribution in [0.3, 0.4) is 0 Å². The van der Waals surface area contributed by atoms with Gasteiger partial charge in [0.25, 0.3) is 0 Å². The van der Waals surface area contributed by atoms with Crippen LogP contribution in [0.5, 0.6) is 0 Å². The van der Waals surface area contributed by atoms with E-state index in [-0.39, 0.29) is 29.5 Å². The lowest BCUT2D eigenvalue weighted by molar-refractivity contribution is -0.131. The number of hydrogen-bond donors (Lipinski definition) is 1. The fourth-order valence-electron chi connectivity index (χ4n) is 1.14. The van der Waals surface area contributed by atoms with E-state index in [2.05, 4.69) is 5.32 Å². The van der Waals surface area contributed by atoms with Gasteiger partial charge in [0.2, 0.25) is 5.91 Å². The number of rotatable bonds is 5. The molecule has 0 radical (unpaired) electrons. The highest BCUT2D eigenvalue weighted by Gasteiger charge is 2.14. The molecule has 0 aromatic carbocycles. The van der Waals surface area contributed by atoms with Gasteiger partial charge >= 0.3 is 0 Å². The molecule has 3 nitrogen and oxygen atoms in total. The van der Waals surface area contributed by atoms with Crippen LogP contribution < -0.4 is 5.32 Å². The third-order valence-corrected chi connectivity index (χ3v) is 1.90. The normalized spacial score (nSPS) is 15.9. The van der Waals surface area contributed by atoms with Crippen molar-refractivity contribution in [1.29, 1.82) is 0 Å². The van der Waals surface area contributed by atoms with Gasteiger partial charge in [-0.15, -0.1) is 11.6 Å². The Hall–Kier alpha value is -0.280. The SMILES string of the molecule is CC(Cl)CC(C)NC(=O)COC(C)(C)C. The highest BCUT2D eigenvalue weighted by molar-refractivity contribution is 6.20. The zero-order valence-electron chi connectivity index (χ0n) is 10.3. The first-order valence-corrected chi connectivity index (χ1v) is 5.72. The average Bonchev–Trinajstić information content (AvgIpc) is 1.97. The van der Waals surface area contributed by atoms with E-state index in [4.69, 9.17) is 16.3 Å². The van der Waals surface area contributed by atoms with Gasteiger partial charge in [0.15, 0.2) is 0 Å². The second-order valence-electron chi connectivity index (χ2n) is 4.89. The van der Waals surface area contributed by atoms with Crippen molar-refractivity contribution in [3.8, 4) is 0 Å². The van der Waals surface area contributed by atoms with Crippen LogP contribution in [-0.2, 0) is 9.53 Å². The molecule has 0 aromatic heterocycles. The number of halogens is 1. The highest BCUT2D eigenvalue weighted by atomic mass is 35.5. The summed E-state index contributed by atoms with van der Waals surface area (Å²) in [5, 5.41) is 2.91. The van der Waals surface area contributed by atoms with Crippen molar-refractivity contribution in [2.45, 2.75) is 58.1 Å². The molecule has 1 amide bonds. The van der Waals surface area contributed by atoms with Gasteiger partial charge in [0, 0.05) is 11.4 Å². The molecule has 0 rings (SSSR count). The number of alkyl halides is 1. The Morgan fingerprint density at radius 3 is 2.33 bits per heavy atom. The van der Waals surface area contributed by atoms with Gasteiger partial charge in [-0.3, -0.25) is 4.79 Å². The Balaban J connectivity index is 3.74. The number of carbonyl (C=O) groups excluding carboxylic acids is 1. The Labute approximate surface area is 97.5 Å². The van der Waals surface area contributed by atoms with E-state index < -0.39 is 0 Å². The first-order valence-electron chi connectivity index (χ1n) is 5.28. The maximum atomic E-state index is 11.4. The molecular formula is C11H22ClNO2. The van der Waals surface area contributed by atoms with Gasteiger partial charge in [-0.1, -0.05) is 0 Å². The Morgan fingerprint density at radius 2 is 1.93 bits per heavy atom. The summed E-state index contributed by atoms with van der Waals surface area (Å²) in [6, 6.07) is 0.0913. The van der Waals surface area contributed by atoms with Crippen LogP contribution in [0.4, 0.5) is 0 Å². The van der Waals surface area contributed by atoms with Crippen LogP contribution in [0.15, 0.2) is 0 Å². The lowest BCUT2D eigenvalue weighted by atomic mass is 10.2. The molecule has 0 aliphatic carbocycles. The van der Waals surface area contributed by atoms with Crippen molar-refractivity contribution >= 4 is 17.5 Å². The van der Waals surface area contributed by atoms with E-state index in [1.54, 1.807) is 0 Å². The zero-order chi connectivity index (χ0) is 12.1. The second-order valence-corrected chi connectivity index (χ2v) is 5.63. The number of carbonyl (C=O) groups is 1. The third-order valence-electron chi connectivity index (χ3n) is 1.72. The molecule has 90 valence electrons. The summed E-state index contributed by atoms with van der Waals surface area (Å²) < 4.78 is 5.35. The van der Waals surface area contributed by atoms with E-state index in [9.17, 15) is 4.79 Å². The molecule has 0 aromatic rings. The Morgan fingerprint density at radius 1 is 1.40 bits per heavy atom. The Bertz CT molecular complexity index is 199. The second kappa shape index (κ2) is 6.33. The van der Waals surface area contributed by atoms with Crippen LogP contribution in [0.1, 0.15) is 41.0 Å². The topological polar surface area (TPSA) is 38.3 Å². The minimum Gasteiger partial charge on any atom is -0.366 e. The van der Waals surface area contributed by atoms with Crippen molar-refractivity contribution in [3.05, 3.63) is 0 Å². The predicted molar refractivity (Wildman–Crippen MR) is 63.2 cm³/mol. The summed E-state index contributed by atoms with van der Waals surface area (Å²) in [7, 11) is 0. The molecule has 0 fully saturated rings. The van der Waals surface area contributed by atoms with Crippen LogP contribution in [0.25, 0.3) is 0 Å². The number of amides is 1. The molecule has 15 heavy (non-hydrogen) atoms. The lowest BCUT2D eigenvalue weighted by Crippen LogP contribution is -2.38. The monoisotopic (exact) mass is 235 g/mol. The van der Waals surface area contributed by atoms with Crippen LogP contribution in [0, 0.1) is 0 Å². The summed E-state index contributed by atoms with van der Waals surface area (Å²) in [4.78, 5) is 11.4. The van der Waals surface area contributed by atoms with Gasteiger partial charge in [0.1, 0.15) is 6.61 Å². The molecule has 0 heterocycles. The minimum absolute atomic E-state index is 0.0730. The van der Waals surface area contributed by atoms with Gasteiger partial charge in [-0.2, -0.15) is 0 Å². The van der Waals surface area contributed by atoms with Gasteiger partial charge in [-0.25, -0.2) is 0 Å². The van der Waals surface area contributed by atoms with Gasteiger partial charge in [-0.05, 0) is 41.0 Å². The van der Waals surface area contributed by atoms with Crippen molar-refractivity contribution in [3.63, 3.8) is 0 Å². The quantitative estimate of drug-likeness (QED) is 0.743. The average molecular weight is 236 g/mol. The van der Waals surface area contributed by atoms with Crippen LogP contribution >= 0.6 is 11.6 Å². The molecule has 2 unspecified atom stereocenters. The molecule has 0 aliphatic heterocycles. The predicted octanol–water partition coefficient (Wildman–Crippen LogP) is 2.32. The largest absolute Gasteiger partial charge is 0.366 e.